The Labute approximate surface area is 138 Å². The molecule has 0 atom stereocenters. The van der Waals surface area contributed by atoms with Gasteiger partial charge in [0.2, 0.25) is 5.91 Å². The third-order valence-corrected chi connectivity index (χ3v) is 2.91. The minimum Gasteiger partial charge on any atom is -0.494 e. The van der Waals surface area contributed by atoms with Crippen LogP contribution in [-0.4, -0.2) is 42.0 Å². The van der Waals surface area contributed by atoms with Gasteiger partial charge in [-0.25, -0.2) is 0 Å². The molecule has 1 amide bonds. The van der Waals surface area contributed by atoms with Gasteiger partial charge in [-0.3, -0.25) is 9.59 Å². The maximum Gasteiger partial charge on any atom is 0.489 e. The van der Waals surface area contributed by atoms with E-state index in [9.17, 15) is 19.6 Å². The molecule has 0 fully saturated rings. The summed E-state index contributed by atoms with van der Waals surface area (Å²) < 4.78 is 5.46. The monoisotopic (exact) mass is 323 g/mol. The smallest absolute Gasteiger partial charge is 0.489 e. The van der Waals surface area contributed by atoms with Crippen LogP contribution in [0.4, 0.5) is 0 Å². The fourth-order valence-electron chi connectivity index (χ4n) is 1.78. The van der Waals surface area contributed by atoms with Crippen LogP contribution in [0.5, 0.6) is 5.75 Å². The largest absolute Gasteiger partial charge is 0.494 e. The van der Waals surface area contributed by atoms with Crippen molar-refractivity contribution in [3.8, 4) is 5.75 Å². The number of hydrogen-bond acceptors (Lipinski definition) is 5. The molecular weight excluding hydrogens is 297 g/mol. The van der Waals surface area contributed by atoms with E-state index in [0.29, 0.717) is 31.7 Å². The molecule has 23 heavy (non-hydrogen) atoms. The van der Waals surface area contributed by atoms with Gasteiger partial charge >= 0.3 is 7.12 Å². The molecule has 0 aromatic heterocycles. The van der Waals surface area contributed by atoms with Gasteiger partial charge in [0.1, 0.15) is 5.75 Å². The van der Waals surface area contributed by atoms with Crippen molar-refractivity contribution >= 4 is 24.3 Å². The second-order valence-corrected chi connectivity index (χ2v) is 4.58. The lowest BCUT2D eigenvalue weighted by molar-refractivity contribution is -0.120. The zero-order valence-electron chi connectivity index (χ0n) is 14.3. The Bertz CT molecular complexity index is 505. The van der Waals surface area contributed by atoms with Gasteiger partial charge in [-0.05, 0) is 37.0 Å². The molecule has 0 spiro atoms. The van der Waals surface area contributed by atoms with Crippen LogP contribution in [0.3, 0.4) is 0 Å². The van der Waals surface area contributed by atoms with E-state index in [1.54, 1.807) is 13.0 Å². The predicted octanol–water partition coefficient (Wildman–Crippen LogP) is 0.890. The summed E-state index contributed by atoms with van der Waals surface area (Å²) >= 11 is 0. The summed E-state index contributed by atoms with van der Waals surface area (Å²) in [4.78, 5) is 22.4. The highest BCUT2D eigenvalue weighted by molar-refractivity contribution is 6.60. The van der Waals surface area contributed by atoms with Crippen LogP contribution in [0.15, 0.2) is 18.2 Å². The number of hydrogen-bond donors (Lipinski definition) is 3. The van der Waals surface area contributed by atoms with Gasteiger partial charge in [0.05, 0.1) is 6.61 Å². The fraction of sp³-hybridized carbons (Fsp3) is 0.500. The normalized spacial score (nSPS) is 9.48. The first kappa shape index (κ1) is 21.1. The molecule has 6 nitrogen and oxygen atoms in total. The van der Waals surface area contributed by atoms with Gasteiger partial charge < -0.3 is 20.1 Å². The fourth-order valence-corrected chi connectivity index (χ4v) is 1.78. The number of benzene rings is 1. The van der Waals surface area contributed by atoms with Crippen molar-refractivity contribution in [1.29, 1.82) is 0 Å². The highest BCUT2D eigenvalue weighted by atomic mass is 16.5. The lowest BCUT2D eigenvalue weighted by Crippen LogP contribution is -2.34. The van der Waals surface area contributed by atoms with E-state index in [0.717, 1.165) is 0 Å². The maximum atomic E-state index is 11.4. The highest BCUT2D eigenvalue weighted by Gasteiger charge is 2.19. The second kappa shape index (κ2) is 11.7. The molecule has 7 heteroatoms. The molecule has 1 rings (SSSR count). The number of carbonyl (C=O) groups is 2. The summed E-state index contributed by atoms with van der Waals surface area (Å²) in [5.41, 5.74) is 0.381. The van der Waals surface area contributed by atoms with Crippen molar-refractivity contribution in [3.63, 3.8) is 0 Å². The van der Waals surface area contributed by atoms with Crippen LogP contribution in [0, 0.1) is 0 Å². The van der Waals surface area contributed by atoms with E-state index in [1.165, 1.54) is 19.1 Å². The third kappa shape index (κ3) is 7.81. The number of nitrogens with one attached hydrogen (secondary N) is 1. The van der Waals surface area contributed by atoms with Crippen LogP contribution in [0.2, 0.25) is 0 Å². The number of rotatable bonds is 8. The van der Waals surface area contributed by atoms with Crippen LogP contribution in [-0.2, 0) is 4.79 Å². The number of carbonyl (C=O) groups excluding carboxylic acids is 2. The Morgan fingerprint density at radius 3 is 2.43 bits per heavy atom. The molecule has 0 aliphatic rings. The van der Waals surface area contributed by atoms with Crippen molar-refractivity contribution in [2.24, 2.45) is 0 Å². The van der Waals surface area contributed by atoms with Crippen LogP contribution in [0.25, 0.3) is 0 Å². The molecule has 128 valence electrons. The third-order valence-electron chi connectivity index (χ3n) is 2.91. The van der Waals surface area contributed by atoms with Crippen molar-refractivity contribution in [1.82, 2.24) is 5.32 Å². The Kier molecular flexibility index (Phi) is 10.7. The average Bonchev–Trinajstić information content (AvgIpc) is 2.55. The molecule has 1 aromatic carbocycles. The molecule has 0 bridgehead atoms. The molecule has 0 saturated carbocycles. The van der Waals surface area contributed by atoms with Crippen LogP contribution in [0.1, 0.15) is 50.9 Å². The first-order chi connectivity index (χ1) is 11.0. The minimum absolute atomic E-state index is 0.00787. The summed E-state index contributed by atoms with van der Waals surface area (Å²) in [5.74, 6) is 0.198. The predicted molar refractivity (Wildman–Crippen MR) is 91.0 cm³/mol. The van der Waals surface area contributed by atoms with Crippen molar-refractivity contribution in [3.05, 3.63) is 23.8 Å². The van der Waals surface area contributed by atoms with Crippen molar-refractivity contribution in [2.75, 3.05) is 13.2 Å². The standard InChI is InChI=1S/C14H20BNO5.C2H6/c1-3-14(18)16-7-4-8-21-11-5-6-12(10(2)17)13(9-11)15(19)20;1-2/h5-6,9,19-20H,3-4,7-8H2,1-2H3,(H,16,18);1-2H3. The summed E-state index contributed by atoms with van der Waals surface area (Å²) in [5, 5.41) is 21.3. The first-order valence-electron chi connectivity index (χ1n) is 7.86. The highest BCUT2D eigenvalue weighted by Crippen LogP contribution is 2.11. The maximum absolute atomic E-state index is 11.4. The lowest BCUT2D eigenvalue weighted by Gasteiger charge is -2.11. The Morgan fingerprint density at radius 2 is 1.91 bits per heavy atom. The zero-order chi connectivity index (χ0) is 17.8. The summed E-state index contributed by atoms with van der Waals surface area (Å²) in [6, 6.07) is 4.55. The molecular formula is C16H26BNO5. The summed E-state index contributed by atoms with van der Waals surface area (Å²) in [6.45, 7) is 8.04. The zero-order valence-corrected chi connectivity index (χ0v) is 14.3. The van der Waals surface area contributed by atoms with E-state index in [2.05, 4.69) is 5.32 Å². The quantitative estimate of drug-likeness (QED) is 0.375. The number of amides is 1. The molecule has 1 aromatic rings. The Balaban J connectivity index is 0.00000232. The Hall–Kier alpha value is -1.86. The minimum atomic E-state index is -1.73. The van der Waals surface area contributed by atoms with Gasteiger partial charge in [0, 0.05) is 18.5 Å². The topological polar surface area (TPSA) is 95.9 Å². The molecule has 0 aliphatic heterocycles. The molecule has 3 N–H and O–H groups in total. The average molecular weight is 323 g/mol. The van der Waals surface area contributed by atoms with Crippen LogP contribution >= 0.6 is 0 Å². The number of ketones is 1. The first-order valence-corrected chi connectivity index (χ1v) is 7.86. The lowest BCUT2D eigenvalue weighted by atomic mass is 9.76. The molecule has 0 aliphatic carbocycles. The van der Waals surface area contributed by atoms with Gasteiger partial charge in [0.25, 0.3) is 0 Å². The van der Waals surface area contributed by atoms with Gasteiger partial charge in [-0.15, -0.1) is 0 Å². The molecule has 0 saturated heterocycles. The summed E-state index contributed by atoms with van der Waals surface area (Å²) in [6.07, 6.45) is 1.09. The van der Waals surface area contributed by atoms with Crippen molar-refractivity contribution < 1.29 is 24.4 Å². The SMILES string of the molecule is CC.CCC(=O)NCCCOc1ccc(C(C)=O)c(B(O)O)c1. The van der Waals surface area contributed by atoms with E-state index in [1.807, 2.05) is 13.8 Å². The molecule has 0 unspecified atom stereocenters. The van der Waals surface area contributed by atoms with E-state index in [-0.39, 0.29) is 22.7 Å². The number of Topliss-reactive ketones (excluding diaryl/α,β-unsaturated/α-hetero) is 1. The Morgan fingerprint density at radius 1 is 1.26 bits per heavy atom. The van der Waals surface area contributed by atoms with Crippen LogP contribution < -0.4 is 15.5 Å². The number of ether oxygens (including phenoxy) is 1. The molecule has 0 radical (unpaired) electrons. The summed E-state index contributed by atoms with van der Waals surface area (Å²) in [7, 11) is -1.73. The molecule has 0 heterocycles. The van der Waals surface area contributed by atoms with E-state index >= 15 is 0 Å². The van der Waals surface area contributed by atoms with E-state index in [4.69, 9.17) is 4.74 Å². The van der Waals surface area contributed by atoms with E-state index < -0.39 is 7.12 Å². The van der Waals surface area contributed by atoms with Gasteiger partial charge in [0.15, 0.2) is 5.78 Å². The second-order valence-electron chi connectivity index (χ2n) is 4.58. The van der Waals surface area contributed by atoms with Crippen molar-refractivity contribution in [2.45, 2.75) is 40.5 Å². The van der Waals surface area contributed by atoms with Gasteiger partial charge in [-0.2, -0.15) is 0 Å². The van der Waals surface area contributed by atoms with Gasteiger partial charge in [-0.1, -0.05) is 20.8 Å².